The predicted octanol–water partition coefficient (Wildman–Crippen LogP) is 0.122. The summed E-state index contributed by atoms with van der Waals surface area (Å²) in [7, 11) is 0. The van der Waals surface area contributed by atoms with E-state index in [1.807, 2.05) is 0 Å². The number of hydrogen-bond donors (Lipinski definition) is 4. The fourth-order valence-electron chi connectivity index (χ4n) is 2.18. The van der Waals surface area contributed by atoms with Gasteiger partial charge in [0.2, 0.25) is 0 Å². The lowest BCUT2D eigenvalue weighted by Gasteiger charge is -2.36. The van der Waals surface area contributed by atoms with Crippen molar-refractivity contribution in [3.05, 3.63) is 23.8 Å². The summed E-state index contributed by atoms with van der Waals surface area (Å²) in [6.07, 6.45) is 1.17. The first-order valence-electron chi connectivity index (χ1n) is 6.22. The van der Waals surface area contributed by atoms with E-state index < -0.39 is 5.54 Å². The normalized spacial score (nSPS) is 17.9. The summed E-state index contributed by atoms with van der Waals surface area (Å²) >= 11 is 0. The number of carbonyl (C=O) groups excluding carboxylic acids is 1. The first-order chi connectivity index (χ1) is 9.06. The van der Waals surface area contributed by atoms with Crippen LogP contribution >= 0.6 is 0 Å². The molecule has 1 aromatic carbocycles. The number of aliphatic hydroxyl groups is 1. The number of ether oxygens (including phenoxy) is 1. The van der Waals surface area contributed by atoms with Gasteiger partial charge in [-0.15, -0.1) is 0 Å². The summed E-state index contributed by atoms with van der Waals surface area (Å²) in [5.41, 5.74) is 12.0. The first-order valence-corrected chi connectivity index (χ1v) is 6.22. The number of rotatable bonds is 3. The van der Waals surface area contributed by atoms with Crippen LogP contribution in [0, 0.1) is 0 Å². The maximum Gasteiger partial charge on any atom is 0.253 e. The van der Waals surface area contributed by atoms with E-state index in [2.05, 4.69) is 5.32 Å². The molecule has 0 bridgehead atoms. The molecule has 0 radical (unpaired) electrons. The van der Waals surface area contributed by atoms with Crippen LogP contribution in [0.5, 0.6) is 0 Å². The van der Waals surface area contributed by atoms with E-state index in [1.54, 1.807) is 18.2 Å². The minimum atomic E-state index is -0.622. The second kappa shape index (κ2) is 5.46. The Kier molecular flexibility index (Phi) is 3.92. The average molecular weight is 265 g/mol. The Bertz CT molecular complexity index is 470. The van der Waals surface area contributed by atoms with E-state index >= 15 is 0 Å². The lowest BCUT2D eigenvalue weighted by atomic mass is 9.90. The Morgan fingerprint density at radius 2 is 2.05 bits per heavy atom. The molecule has 104 valence electrons. The first kappa shape index (κ1) is 13.6. The Morgan fingerprint density at radius 1 is 1.37 bits per heavy atom. The minimum Gasteiger partial charge on any atom is -0.399 e. The monoisotopic (exact) mass is 265 g/mol. The molecular weight excluding hydrogens is 246 g/mol. The van der Waals surface area contributed by atoms with E-state index in [1.165, 1.54) is 0 Å². The molecule has 0 spiro atoms. The standard InChI is InChI=1S/C13H19N3O3/c14-9-1-2-10(11(15)7-9)12(18)16-13(8-17)3-5-19-6-4-13/h1-2,7,17H,3-6,8,14-15H2,(H,16,18). The van der Waals surface area contributed by atoms with Crippen molar-refractivity contribution in [1.29, 1.82) is 0 Å². The van der Waals surface area contributed by atoms with Gasteiger partial charge in [0.05, 0.1) is 17.7 Å². The van der Waals surface area contributed by atoms with Gasteiger partial charge in [-0.25, -0.2) is 0 Å². The minimum absolute atomic E-state index is 0.114. The molecule has 0 aromatic heterocycles. The molecule has 6 heteroatoms. The number of nitrogens with two attached hydrogens (primary N) is 2. The summed E-state index contributed by atoms with van der Waals surface area (Å²) in [6.45, 7) is 0.938. The molecule has 0 aliphatic carbocycles. The molecule has 2 rings (SSSR count). The molecule has 1 aromatic rings. The number of carbonyl (C=O) groups is 1. The highest BCUT2D eigenvalue weighted by molar-refractivity contribution is 6.00. The van der Waals surface area contributed by atoms with Gasteiger partial charge in [0.25, 0.3) is 5.91 Å². The molecular formula is C13H19N3O3. The van der Waals surface area contributed by atoms with Crippen molar-refractivity contribution in [1.82, 2.24) is 5.32 Å². The van der Waals surface area contributed by atoms with Crippen molar-refractivity contribution in [2.24, 2.45) is 0 Å². The molecule has 19 heavy (non-hydrogen) atoms. The van der Waals surface area contributed by atoms with Crippen LogP contribution in [0.25, 0.3) is 0 Å². The third-order valence-electron chi connectivity index (χ3n) is 3.45. The van der Waals surface area contributed by atoms with Crippen LogP contribution in [0.2, 0.25) is 0 Å². The van der Waals surface area contributed by atoms with Crippen molar-refractivity contribution in [3.63, 3.8) is 0 Å². The molecule has 1 aliphatic rings. The number of benzene rings is 1. The molecule has 0 atom stereocenters. The van der Waals surface area contributed by atoms with Gasteiger partial charge in [-0.1, -0.05) is 0 Å². The van der Waals surface area contributed by atoms with Gasteiger partial charge in [0, 0.05) is 24.6 Å². The predicted molar refractivity (Wildman–Crippen MR) is 72.6 cm³/mol. The molecule has 0 saturated carbocycles. The summed E-state index contributed by atoms with van der Waals surface area (Å²) in [6, 6.07) is 4.76. The number of anilines is 2. The summed E-state index contributed by atoms with van der Waals surface area (Å²) in [4.78, 5) is 12.2. The van der Waals surface area contributed by atoms with Gasteiger partial charge in [-0.05, 0) is 31.0 Å². The summed E-state index contributed by atoms with van der Waals surface area (Å²) in [5.74, 6) is -0.298. The zero-order valence-electron chi connectivity index (χ0n) is 10.7. The molecule has 0 unspecified atom stereocenters. The van der Waals surface area contributed by atoms with Gasteiger partial charge in [-0.3, -0.25) is 4.79 Å². The Labute approximate surface area is 111 Å². The van der Waals surface area contributed by atoms with Gasteiger partial charge >= 0.3 is 0 Å². The summed E-state index contributed by atoms with van der Waals surface area (Å²) < 4.78 is 5.25. The number of nitrogens with one attached hydrogen (secondary N) is 1. The number of amides is 1. The zero-order valence-corrected chi connectivity index (χ0v) is 10.7. The molecule has 6 nitrogen and oxygen atoms in total. The molecule has 1 saturated heterocycles. The third-order valence-corrected chi connectivity index (χ3v) is 3.45. The summed E-state index contributed by atoms with van der Waals surface area (Å²) in [5, 5.41) is 12.4. The van der Waals surface area contributed by atoms with Crippen molar-refractivity contribution >= 4 is 17.3 Å². The van der Waals surface area contributed by atoms with Crippen LogP contribution in [-0.4, -0.2) is 36.4 Å². The Balaban J connectivity index is 2.15. The number of aliphatic hydroxyl groups excluding tert-OH is 1. The SMILES string of the molecule is Nc1ccc(C(=O)NC2(CO)CCOCC2)c(N)c1. The van der Waals surface area contributed by atoms with Crippen molar-refractivity contribution in [2.75, 3.05) is 31.3 Å². The van der Waals surface area contributed by atoms with E-state index in [9.17, 15) is 9.90 Å². The van der Waals surface area contributed by atoms with Crippen LogP contribution in [0.15, 0.2) is 18.2 Å². The highest BCUT2D eigenvalue weighted by Crippen LogP contribution is 2.22. The number of nitrogen functional groups attached to an aromatic ring is 2. The van der Waals surface area contributed by atoms with E-state index in [-0.39, 0.29) is 12.5 Å². The average Bonchev–Trinajstić information content (AvgIpc) is 2.39. The van der Waals surface area contributed by atoms with Crippen molar-refractivity contribution in [2.45, 2.75) is 18.4 Å². The second-order valence-corrected chi connectivity index (χ2v) is 4.85. The quantitative estimate of drug-likeness (QED) is 0.580. The Morgan fingerprint density at radius 3 is 2.63 bits per heavy atom. The van der Waals surface area contributed by atoms with Gasteiger partial charge in [0.1, 0.15) is 0 Å². The molecule has 1 heterocycles. The van der Waals surface area contributed by atoms with Crippen molar-refractivity contribution in [3.8, 4) is 0 Å². The fraction of sp³-hybridized carbons (Fsp3) is 0.462. The lowest BCUT2D eigenvalue weighted by molar-refractivity contribution is 0.0125. The zero-order chi connectivity index (χ0) is 13.9. The maximum absolute atomic E-state index is 12.2. The van der Waals surface area contributed by atoms with Crippen LogP contribution in [-0.2, 0) is 4.74 Å². The molecule has 1 amide bonds. The van der Waals surface area contributed by atoms with Crippen LogP contribution in [0.1, 0.15) is 23.2 Å². The van der Waals surface area contributed by atoms with Gasteiger partial charge in [0.15, 0.2) is 0 Å². The highest BCUT2D eigenvalue weighted by atomic mass is 16.5. The van der Waals surface area contributed by atoms with Crippen molar-refractivity contribution < 1.29 is 14.6 Å². The third kappa shape index (κ3) is 2.97. The fourth-order valence-corrected chi connectivity index (χ4v) is 2.18. The topological polar surface area (TPSA) is 111 Å². The smallest absolute Gasteiger partial charge is 0.253 e. The maximum atomic E-state index is 12.2. The number of hydrogen-bond acceptors (Lipinski definition) is 5. The second-order valence-electron chi connectivity index (χ2n) is 4.85. The van der Waals surface area contributed by atoms with Gasteiger partial charge in [-0.2, -0.15) is 0 Å². The van der Waals surface area contributed by atoms with Gasteiger partial charge < -0.3 is 26.6 Å². The lowest BCUT2D eigenvalue weighted by Crippen LogP contribution is -2.54. The van der Waals surface area contributed by atoms with E-state index in [0.29, 0.717) is 43.0 Å². The molecule has 1 fully saturated rings. The van der Waals surface area contributed by atoms with Crippen LogP contribution < -0.4 is 16.8 Å². The van der Waals surface area contributed by atoms with E-state index in [0.717, 1.165) is 0 Å². The molecule has 6 N–H and O–H groups in total. The van der Waals surface area contributed by atoms with Crippen LogP contribution in [0.3, 0.4) is 0 Å². The largest absolute Gasteiger partial charge is 0.399 e. The van der Waals surface area contributed by atoms with E-state index in [4.69, 9.17) is 16.2 Å². The Hall–Kier alpha value is -1.79. The molecule has 1 aliphatic heterocycles. The van der Waals surface area contributed by atoms with Crippen LogP contribution in [0.4, 0.5) is 11.4 Å². The highest BCUT2D eigenvalue weighted by Gasteiger charge is 2.34.